The van der Waals surface area contributed by atoms with Gasteiger partial charge in [-0.05, 0) is 26.0 Å². The van der Waals surface area contributed by atoms with Gasteiger partial charge in [-0.3, -0.25) is 0 Å². The number of aromatic nitrogens is 2. The van der Waals surface area contributed by atoms with Gasteiger partial charge in [0, 0.05) is 26.2 Å². The van der Waals surface area contributed by atoms with Crippen molar-refractivity contribution in [3.05, 3.63) is 30.1 Å². The van der Waals surface area contributed by atoms with E-state index in [4.69, 9.17) is 5.11 Å². The van der Waals surface area contributed by atoms with Gasteiger partial charge in [0.25, 0.3) is 0 Å². The Kier molecular flexibility index (Phi) is 5.16. The molecule has 2 amide bonds. The summed E-state index contributed by atoms with van der Waals surface area (Å²) in [7, 11) is 0. The fourth-order valence-corrected chi connectivity index (χ4v) is 2.39. The molecule has 114 valence electrons. The molecule has 1 aromatic heterocycles. The Balaban J connectivity index is 1.96. The van der Waals surface area contributed by atoms with Crippen molar-refractivity contribution in [2.45, 2.75) is 20.4 Å². The van der Waals surface area contributed by atoms with Gasteiger partial charge in [-0.15, -0.1) is 0 Å². The molecule has 0 atom stereocenters. The zero-order valence-corrected chi connectivity index (χ0v) is 12.5. The molecule has 21 heavy (non-hydrogen) atoms. The normalized spacial score (nSPS) is 10.8. The van der Waals surface area contributed by atoms with E-state index in [1.807, 2.05) is 38.1 Å². The second kappa shape index (κ2) is 7.08. The third-order valence-electron chi connectivity index (χ3n) is 3.50. The minimum atomic E-state index is -0.145. The highest BCUT2D eigenvalue weighted by Crippen LogP contribution is 2.14. The van der Waals surface area contributed by atoms with E-state index >= 15 is 0 Å². The number of aryl methyl sites for hydroxylation is 1. The zero-order chi connectivity index (χ0) is 15.2. The van der Waals surface area contributed by atoms with Gasteiger partial charge in [0.15, 0.2) is 0 Å². The first-order chi connectivity index (χ1) is 10.2. The van der Waals surface area contributed by atoms with Crippen LogP contribution in [0.2, 0.25) is 0 Å². The number of urea groups is 1. The van der Waals surface area contributed by atoms with E-state index in [0.29, 0.717) is 26.2 Å². The molecule has 2 aromatic rings. The molecule has 0 unspecified atom stereocenters. The van der Waals surface area contributed by atoms with Crippen LogP contribution in [0, 0.1) is 6.92 Å². The minimum absolute atomic E-state index is 0.0213. The molecule has 0 fully saturated rings. The Morgan fingerprint density at radius 2 is 2.19 bits per heavy atom. The first-order valence-electron chi connectivity index (χ1n) is 7.23. The van der Waals surface area contributed by atoms with Crippen LogP contribution >= 0.6 is 0 Å². The zero-order valence-electron chi connectivity index (χ0n) is 12.5. The van der Waals surface area contributed by atoms with E-state index in [9.17, 15) is 4.79 Å². The molecule has 0 aliphatic carbocycles. The predicted molar refractivity (Wildman–Crippen MR) is 82.2 cm³/mol. The SMILES string of the molecule is CCN(CCO)C(=O)NCCn1c(C)nc2ccccc21. The second-order valence-corrected chi connectivity index (χ2v) is 4.83. The molecule has 1 aromatic carbocycles. The van der Waals surface area contributed by atoms with Gasteiger partial charge in [0.2, 0.25) is 0 Å². The van der Waals surface area contributed by atoms with E-state index in [-0.39, 0.29) is 12.6 Å². The highest BCUT2D eigenvalue weighted by Gasteiger charge is 2.11. The van der Waals surface area contributed by atoms with Crippen molar-refractivity contribution in [3.63, 3.8) is 0 Å². The molecule has 0 saturated carbocycles. The number of nitrogens with one attached hydrogen (secondary N) is 1. The number of hydrogen-bond donors (Lipinski definition) is 2. The number of likely N-dealkylation sites (N-methyl/N-ethyl adjacent to an activating group) is 1. The molecular weight excluding hydrogens is 268 g/mol. The first kappa shape index (κ1) is 15.3. The van der Waals surface area contributed by atoms with Crippen LogP contribution in [0.3, 0.4) is 0 Å². The number of carbonyl (C=O) groups is 1. The number of hydrogen-bond acceptors (Lipinski definition) is 3. The maximum absolute atomic E-state index is 11.9. The van der Waals surface area contributed by atoms with Crippen molar-refractivity contribution < 1.29 is 9.90 Å². The van der Waals surface area contributed by atoms with Crippen LogP contribution < -0.4 is 5.32 Å². The van der Waals surface area contributed by atoms with Crippen molar-refractivity contribution >= 4 is 17.1 Å². The number of rotatable bonds is 6. The molecule has 0 radical (unpaired) electrons. The number of para-hydroxylation sites is 2. The van der Waals surface area contributed by atoms with Crippen molar-refractivity contribution in [3.8, 4) is 0 Å². The number of amides is 2. The molecular formula is C15H22N4O2. The summed E-state index contributed by atoms with van der Waals surface area (Å²) >= 11 is 0. The van der Waals surface area contributed by atoms with Crippen LogP contribution in [0.15, 0.2) is 24.3 Å². The Morgan fingerprint density at radius 1 is 1.43 bits per heavy atom. The maximum Gasteiger partial charge on any atom is 0.317 e. The third kappa shape index (κ3) is 3.52. The standard InChI is InChI=1S/C15H22N4O2/c1-3-18(10-11-20)15(21)16-8-9-19-12(2)17-13-6-4-5-7-14(13)19/h4-7,20H,3,8-11H2,1-2H3,(H,16,21). The van der Waals surface area contributed by atoms with Gasteiger partial charge in [0.05, 0.1) is 17.6 Å². The number of aliphatic hydroxyl groups is 1. The summed E-state index contributed by atoms with van der Waals surface area (Å²) in [5.74, 6) is 0.938. The van der Waals surface area contributed by atoms with Crippen LogP contribution in [0.4, 0.5) is 4.79 Å². The predicted octanol–water partition coefficient (Wildman–Crippen LogP) is 1.37. The summed E-state index contributed by atoms with van der Waals surface area (Å²) < 4.78 is 2.10. The molecule has 6 heteroatoms. The number of imidazole rings is 1. The number of fused-ring (bicyclic) bond motifs is 1. The Hall–Kier alpha value is -2.08. The molecule has 2 N–H and O–H groups in total. The van der Waals surface area contributed by atoms with Gasteiger partial charge in [-0.1, -0.05) is 12.1 Å². The van der Waals surface area contributed by atoms with Gasteiger partial charge < -0.3 is 19.9 Å². The smallest absolute Gasteiger partial charge is 0.317 e. The molecule has 2 rings (SSSR count). The largest absolute Gasteiger partial charge is 0.395 e. The summed E-state index contributed by atoms with van der Waals surface area (Å²) in [5, 5.41) is 11.8. The van der Waals surface area contributed by atoms with E-state index < -0.39 is 0 Å². The Labute approximate surface area is 124 Å². The lowest BCUT2D eigenvalue weighted by atomic mass is 10.3. The monoisotopic (exact) mass is 290 g/mol. The quantitative estimate of drug-likeness (QED) is 0.844. The maximum atomic E-state index is 11.9. The van der Waals surface area contributed by atoms with Gasteiger partial charge >= 0.3 is 6.03 Å². The fraction of sp³-hybridized carbons (Fsp3) is 0.467. The van der Waals surface area contributed by atoms with E-state index in [0.717, 1.165) is 16.9 Å². The van der Waals surface area contributed by atoms with Crippen LogP contribution in [0.25, 0.3) is 11.0 Å². The topological polar surface area (TPSA) is 70.4 Å². The third-order valence-corrected chi connectivity index (χ3v) is 3.50. The molecule has 6 nitrogen and oxygen atoms in total. The van der Waals surface area contributed by atoms with Gasteiger partial charge in [-0.25, -0.2) is 9.78 Å². The summed E-state index contributed by atoms with van der Waals surface area (Å²) in [5.41, 5.74) is 2.05. The van der Waals surface area contributed by atoms with Crippen molar-refractivity contribution in [1.29, 1.82) is 0 Å². The lowest BCUT2D eigenvalue weighted by Gasteiger charge is -2.20. The number of carbonyl (C=O) groups excluding carboxylic acids is 1. The number of nitrogens with zero attached hydrogens (tertiary/aromatic N) is 3. The van der Waals surface area contributed by atoms with Gasteiger partial charge in [0.1, 0.15) is 5.82 Å². The van der Waals surface area contributed by atoms with Gasteiger partial charge in [-0.2, -0.15) is 0 Å². The van der Waals surface area contributed by atoms with Crippen LogP contribution in [0.5, 0.6) is 0 Å². The summed E-state index contributed by atoms with van der Waals surface area (Å²) in [6, 6.07) is 7.82. The Bertz CT molecular complexity index is 609. The first-order valence-corrected chi connectivity index (χ1v) is 7.23. The Morgan fingerprint density at radius 3 is 2.90 bits per heavy atom. The highest BCUT2D eigenvalue weighted by atomic mass is 16.3. The second-order valence-electron chi connectivity index (χ2n) is 4.83. The molecule has 0 bridgehead atoms. The summed E-state index contributed by atoms with van der Waals surface area (Å²) in [6.07, 6.45) is 0. The molecule has 0 saturated heterocycles. The van der Waals surface area contributed by atoms with E-state index in [1.54, 1.807) is 4.90 Å². The van der Waals surface area contributed by atoms with Crippen LogP contribution in [-0.4, -0.2) is 51.8 Å². The highest BCUT2D eigenvalue weighted by molar-refractivity contribution is 5.76. The van der Waals surface area contributed by atoms with Crippen molar-refractivity contribution in [2.24, 2.45) is 0 Å². The minimum Gasteiger partial charge on any atom is -0.395 e. The lowest BCUT2D eigenvalue weighted by molar-refractivity contribution is 0.180. The van der Waals surface area contributed by atoms with Crippen LogP contribution in [0.1, 0.15) is 12.7 Å². The molecule has 1 heterocycles. The van der Waals surface area contributed by atoms with Crippen LogP contribution in [-0.2, 0) is 6.54 Å². The summed E-state index contributed by atoms with van der Waals surface area (Å²) in [6.45, 7) is 5.98. The molecule has 0 aliphatic rings. The van der Waals surface area contributed by atoms with Crippen molar-refractivity contribution in [2.75, 3.05) is 26.2 Å². The summed E-state index contributed by atoms with van der Waals surface area (Å²) in [4.78, 5) is 18.0. The number of benzene rings is 1. The average molecular weight is 290 g/mol. The fourth-order valence-electron chi connectivity index (χ4n) is 2.39. The van der Waals surface area contributed by atoms with E-state index in [2.05, 4.69) is 14.9 Å². The van der Waals surface area contributed by atoms with Crippen molar-refractivity contribution in [1.82, 2.24) is 19.8 Å². The molecule has 0 aliphatic heterocycles. The lowest BCUT2D eigenvalue weighted by Crippen LogP contribution is -2.42. The molecule has 0 spiro atoms. The average Bonchev–Trinajstić information content (AvgIpc) is 2.80. The number of aliphatic hydroxyl groups excluding tert-OH is 1. The van der Waals surface area contributed by atoms with E-state index in [1.165, 1.54) is 0 Å².